The molecule has 0 spiro atoms. The molecule has 2 aromatic rings. The highest BCUT2D eigenvalue weighted by Crippen LogP contribution is 2.33. The molecule has 1 amide bonds. The second kappa shape index (κ2) is 8.14. The van der Waals surface area contributed by atoms with Gasteiger partial charge < -0.3 is 14.7 Å². The highest BCUT2D eigenvalue weighted by Gasteiger charge is 2.32. The standard InChI is InChI=1S/C23H24F3N3O/c1-27-12-14-28(15-13-27)21-5-3-2-4-17(21)16-18-10-11-29(22(18)30)20-8-6-19(7-9-20)23(24,25)26/h2-9,16H,10-15H2,1H3/b18-16-. The van der Waals surface area contributed by atoms with E-state index in [1.165, 1.54) is 12.1 Å². The van der Waals surface area contributed by atoms with Crippen molar-refractivity contribution in [2.75, 3.05) is 49.6 Å². The SMILES string of the molecule is CN1CCN(c2ccccc2/C=C2/CCN(c3ccc(C(F)(F)F)cc3)C2=O)CC1. The van der Waals surface area contributed by atoms with E-state index in [0.717, 1.165) is 49.6 Å². The van der Waals surface area contributed by atoms with Crippen LogP contribution in [0.4, 0.5) is 24.5 Å². The number of nitrogens with zero attached hydrogens (tertiary/aromatic N) is 3. The van der Waals surface area contributed by atoms with E-state index in [-0.39, 0.29) is 5.91 Å². The van der Waals surface area contributed by atoms with Crippen molar-refractivity contribution in [3.05, 3.63) is 65.2 Å². The van der Waals surface area contributed by atoms with Gasteiger partial charge in [-0.1, -0.05) is 18.2 Å². The Morgan fingerprint density at radius 1 is 0.900 bits per heavy atom. The molecule has 4 nitrogen and oxygen atoms in total. The van der Waals surface area contributed by atoms with Gasteiger partial charge in [0.25, 0.3) is 5.91 Å². The summed E-state index contributed by atoms with van der Waals surface area (Å²) in [7, 11) is 2.11. The van der Waals surface area contributed by atoms with Crippen LogP contribution in [0.25, 0.3) is 6.08 Å². The Morgan fingerprint density at radius 2 is 1.57 bits per heavy atom. The Kier molecular flexibility index (Phi) is 5.56. The average Bonchev–Trinajstić information content (AvgIpc) is 3.09. The molecule has 0 unspecified atom stereocenters. The smallest absolute Gasteiger partial charge is 0.368 e. The van der Waals surface area contributed by atoms with Crippen LogP contribution in [0.2, 0.25) is 0 Å². The van der Waals surface area contributed by atoms with E-state index in [2.05, 4.69) is 22.9 Å². The van der Waals surface area contributed by atoms with Crippen molar-refractivity contribution in [2.24, 2.45) is 0 Å². The molecule has 2 aliphatic rings. The Hall–Kier alpha value is -2.80. The molecule has 0 N–H and O–H groups in total. The zero-order valence-electron chi connectivity index (χ0n) is 16.8. The number of benzene rings is 2. The van der Waals surface area contributed by atoms with Crippen molar-refractivity contribution in [3.63, 3.8) is 0 Å². The molecule has 2 aromatic carbocycles. The van der Waals surface area contributed by atoms with Crippen molar-refractivity contribution in [1.82, 2.24) is 4.90 Å². The summed E-state index contributed by atoms with van der Waals surface area (Å²) in [5.41, 5.74) is 2.56. The van der Waals surface area contributed by atoms with Crippen molar-refractivity contribution < 1.29 is 18.0 Å². The Labute approximate surface area is 174 Å². The van der Waals surface area contributed by atoms with Gasteiger partial charge in [0.05, 0.1) is 5.56 Å². The fourth-order valence-corrected chi connectivity index (χ4v) is 3.96. The van der Waals surface area contributed by atoms with E-state index < -0.39 is 11.7 Å². The third kappa shape index (κ3) is 4.21. The first-order valence-electron chi connectivity index (χ1n) is 10.0. The molecule has 0 aromatic heterocycles. The number of halogens is 3. The number of piperazine rings is 1. The van der Waals surface area contributed by atoms with Crippen LogP contribution < -0.4 is 9.80 Å². The van der Waals surface area contributed by atoms with Crippen LogP contribution in [-0.4, -0.2) is 50.6 Å². The zero-order chi connectivity index (χ0) is 21.3. The molecule has 158 valence electrons. The van der Waals surface area contributed by atoms with Gasteiger partial charge in [-0.3, -0.25) is 4.79 Å². The van der Waals surface area contributed by atoms with E-state index in [4.69, 9.17) is 0 Å². The van der Waals surface area contributed by atoms with Gasteiger partial charge >= 0.3 is 6.18 Å². The molecule has 0 radical (unpaired) electrons. The maximum absolute atomic E-state index is 12.9. The van der Waals surface area contributed by atoms with Gasteiger partial charge in [0.2, 0.25) is 0 Å². The molecule has 30 heavy (non-hydrogen) atoms. The Balaban J connectivity index is 1.54. The number of para-hydroxylation sites is 1. The molecular formula is C23H24F3N3O. The minimum absolute atomic E-state index is 0.150. The number of amides is 1. The van der Waals surface area contributed by atoms with Gasteiger partial charge in [0, 0.05) is 49.7 Å². The molecule has 2 fully saturated rings. The summed E-state index contributed by atoms with van der Waals surface area (Å²) in [6, 6.07) is 12.8. The highest BCUT2D eigenvalue weighted by atomic mass is 19.4. The molecule has 0 bridgehead atoms. The first-order valence-corrected chi connectivity index (χ1v) is 10.0. The lowest BCUT2D eigenvalue weighted by molar-refractivity contribution is -0.137. The third-order valence-electron chi connectivity index (χ3n) is 5.74. The number of hydrogen-bond donors (Lipinski definition) is 0. The summed E-state index contributed by atoms with van der Waals surface area (Å²) in [4.78, 5) is 19.1. The summed E-state index contributed by atoms with van der Waals surface area (Å²) >= 11 is 0. The van der Waals surface area contributed by atoms with Gasteiger partial charge in [-0.05, 0) is 55.4 Å². The fourth-order valence-electron chi connectivity index (χ4n) is 3.96. The minimum Gasteiger partial charge on any atom is -0.368 e. The Morgan fingerprint density at radius 3 is 2.23 bits per heavy atom. The number of carbonyl (C=O) groups excluding carboxylic acids is 1. The van der Waals surface area contributed by atoms with Crippen LogP contribution in [-0.2, 0) is 11.0 Å². The second-order valence-corrected chi connectivity index (χ2v) is 7.77. The van der Waals surface area contributed by atoms with Crippen molar-refractivity contribution >= 4 is 23.4 Å². The summed E-state index contributed by atoms with van der Waals surface area (Å²) in [6.45, 7) is 4.31. The van der Waals surface area contributed by atoms with Crippen LogP contribution in [0, 0.1) is 0 Å². The van der Waals surface area contributed by atoms with Gasteiger partial charge in [-0.25, -0.2) is 0 Å². The van der Waals surface area contributed by atoms with E-state index in [1.807, 2.05) is 24.3 Å². The predicted molar refractivity (Wildman–Crippen MR) is 113 cm³/mol. The molecule has 0 atom stereocenters. The number of anilines is 2. The lowest BCUT2D eigenvalue weighted by Crippen LogP contribution is -2.44. The number of alkyl halides is 3. The monoisotopic (exact) mass is 415 g/mol. The van der Waals surface area contributed by atoms with Crippen LogP contribution in [0.5, 0.6) is 0 Å². The number of rotatable bonds is 3. The minimum atomic E-state index is -4.38. The maximum atomic E-state index is 12.9. The summed E-state index contributed by atoms with van der Waals surface area (Å²) < 4.78 is 38.4. The highest BCUT2D eigenvalue weighted by molar-refractivity contribution is 6.11. The van der Waals surface area contributed by atoms with E-state index in [0.29, 0.717) is 24.2 Å². The van der Waals surface area contributed by atoms with Crippen molar-refractivity contribution in [1.29, 1.82) is 0 Å². The molecule has 2 saturated heterocycles. The molecule has 4 rings (SSSR count). The lowest BCUT2D eigenvalue weighted by Gasteiger charge is -2.35. The molecule has 2 aliphatic heterocycles. The first-order chi connectivity index (χ1) is 14.3. The van der Waals surface area contributed by atoms with E-state index in [1.54, 1.807) is 4.90 Å². The fraction of sp³-hybridized carbons (Fsp3) is 0.348. The Bertz CT molecular complexity index is 945. The normalized spacial score (nSPS) is 19.7. The molecule has 0 aliphatic carbocycles. The van der Waals surface area contributed by atoms with Crippen molar-refractivity contribution in [3.8, 4) is 0 Å². The van der Waals surface area contributed by atoms with Gasteiger partial charge in [-0.2, -0.15) is 13.2 Å². The van der Waals surface area contributed by atoms with E-state index >= 15 is 0 Å². The lowest BCUT2D eigenvalue weighted by atomic mass is 10.1. The van der Waals surface area contributed by atoms with Gasteiger partial charge in [0.1, 0.15) is 0 Å². The van der Waals surface area contributed by atoms with Gasteiger partial charge in [-0.15, -0.1) is 0 Å². The zero-order valence-corrected chi connectivity index (χ0v) is 16.8. The van der Waals surface area contributed by atoms with Crippen LogP contribution >= 0.6 is 0 Å². The first kappa shape index (κ1) is 20.5. The number of hydrogen-bond acceptors (Lipinski definition) is 3. The molecule has 0 saturated carbocycles. The summed E-state index contributed by atoms with van der Waals surface area (Å²) in [5, 5.41) is 0. The molecule has 2 heterocycles. The summed E-state index contributed by atoms with van der Waals surface area (Å²) in [5.74, 6) is -0.150. The van der Waals surface area contributed by atoms with Crippen LogP contribution in [0.3, 0.4) is 0 Å². The average molecular weight is 415 g/mol. The number of carbonyl (C=O) groups is 1. The van der Waals surface area contributed by atoms with Gasteiger partial charge in [0.15, 0.2) is 0 Å². The second-order valence-electron chi connectivity index (χ2n) is 7.77. The summed E-state index contributed by atoms with van der Waals surface area (Å²) in [6.07, 6.45) is -1.89. The quantitative estimate of drug-likeness (QED) is 0.701. The maximum Gasteiger partial charge on any atom is 0.416 e. The third-order valence-corrected chi connectivity index (χ3v) is 5.74. The van der Waals surface area contributed by atoms with E-state index in [9.17, 15) is 18.0 Å². The topological polar surface area (TPSA) is 26.8 Å². The number of likely N-dealkylation sites (N-methyl/N-ethyl adjacent to an activating group) is 1. The largest absolute Gasteiger partial charge is 0.416 e. The molecular weight excluding hydrogens is 391 g/mol. The van der Waals surface area contributed by atoms with Crippen LogP contribution in [0.15, 0.2) is 54.1 Å². The van der Waals surface area contributed by atoms with Crippen molar-refractivity contribution in [2.45, 2.75) is 12.6 Å². The van der Waals surface area contributed by atoms with Crippen LogP contribution in [0.1, 0.15) is 17.5 Å². The predicted octanol–water partition coefficient (Wildman–Crippen LogP) is 4.28. The molecule has 7 heteroatoms.